The highest BCUT2D eigenvalue weighted by atomic mass is 32.2. The third-order valence-corrected chi connectivity index (χ3v) is 6.30. The van der Waals surface area contributed by atoms with E-state index in [-0.39, 0.29) is 10.8 Å². The molecular weight excluding hydrogens is 432 g/mol. The second-order valence-corrected chi connectivity index (χ2v) is 8.80. The summed E-state index contributed by atoms with van der Waals surface area (Å²) in [5.41, 5.74) is 2.22. The molecule has 0 aliphatic carbocycles. The predicted molar refractivity (Wildman–Crippen MR) is 119 cm³/mol. The molecular formula is C22H18N4O5S. The zero-order valence-corrected chi connectivity index (χ0v) is 17.5. The normalized spacial score (nSPS) is 13.0. The highest BCUT2D eigenvalue weighted by Crippen LogP contribution is 2.32. The third kappa shape index (κ3) is 3.95. The topological polar surface area (TPSA) is 122 Å². The summed E-state index contributed by atoms with van der Waals surface area (Å²) in [5, 5.41) is 10.5. The Hall–Kier alpha value is -4.05. The molecule has 32 heavy (non-hydrogen) atoms. The van der Waals surface area contributed by atoms with Crippen LogP contribution in [0.3, 0.4) is 0 Å². The number of amides is 1. The highest BCUT2D eigenvalue weighted by molar-refractivity contribution is 7.92. The lowest BCUT2D eigenvalue weighted by Gasteiger charge is -2.19. The number of sulfonamides is 1. The Balaban J connectivity index is 1.29. The van der Waals surface area contributed by atoms with Gasteiger partial charge in [-0.05, 0) is 54.6 Å². The molecule has 4 aromatic rings. The first-order valence-corrected chi connectivity index (χ1v) is 11.2. The van der Waals surface area contributed by atoms with E-state index in [0.717, 1.165) is 10.9 Å². The number of carbonyl (C=O) groups is 1. The van der Waals surface area contributed by atoms with Crippen molar-refractivity contribution in [2.75, 3.05) is 23.3 Å². The molecule has 0 unspecified atom stereocenters. The molecule has 0 bridgehead atoms. The molecule has 0 saturated carbocycles. The minimum atomic E-state index is -3.84. The maximum atomic E-state index is 12.7. The minimum Gasteiger partial charge on any atom is -0.486 e. The summed E-state index contributed by atoms with van der Waals surface area (Å²) in [4.78, 5) is 12.6. The number of hydrogen-bond acceptors (Lipinski definition) is 6. The van der Waals surface area contributed by atoms with Crippen LogP contribution in [-0.4, -0.2) is 37.7 Å². The van der Waals surface area contributed by atoms with Gasteiger partial charge in [0.05, 0.1) is 16.6 Å². The standard InChI is InChI=1S/C22H18N4O5S/c27-22(24-17-5-7-19-15(11-17)13-23-25-19)14-1-3-16(4-2-14)26-32(28,29)18-6-8-20-21(12-18)31-10-9-30-20/h1-8,11-13,26H,9-10H2,(H,23,25)(H,24,27). The van der Waals surface area contributed by atoms with E-state index in [2.05, 4.69) is 20.2 Å². The number of rotatable bonds is 5. The highest BCUT2D eigenvalue weighted by Gasteiger charge is 2.19. The number of carbonyl (C=O) groups excluding carboxylic acids is 1. The lowest BCUT2D eigenvalue weighted by molar-refractivity contribution is 0.102. The zero-order valence-electron chi connectivity index (χ0n) is 16.7. The Morgan fingerprint density at radius 1 is 0.906 bits per heavy atom. The van der Waals surface area contributed by atoms with Crippen LogP contribution in [0, 0.1) is 0 Å². The fourth-order valence-corrected chi connectivity index (χ4v) is 4.39. The van der Waals surface area contributed by atoms with Crippen molar-refractivity contribution in [1.29, 1.82) is 0 Å². The van der Waals surface area contributed by atoms with Crippen LogP contribution in [0.2, 0.25) is 0 Å². The Morgan fingerprint density at radius 2 is 1.66 bits per heavy atom. The average molecular weight is 450 g/mol. The molecule has 0 spiro atoms. The molecule has 0 fully saturated rings. The summed E-state index contributed by atoms with van der Waals surface area (Å²) in [7, 11) is -3.84. The molecule has 10 heteroatoms. The quantitative estimate of drug-likeness (QED) is 0.428. The van der Waals surface area contributed by atoms with Crippen molar-refractivity contribution in [3.8, 4) is 11.5 Å². The van der Waals surface area contributed by atoms with Gasteiger partial charge in [0.15, 0.2) is 11.5 Å². The summed E-state index contributed by atoms with van der Waals surface area (Å²) in [6, 6.07) is 16.0. The fourth-order valence-electron chi connectivity index (χ4n) is 3.32. The predicted octanol–water partition coefficient (Wildman–Crippen LogP) is 3.39. The van der Waals surface area contributed by atoms with Crippen LogP contribution < -0.4 is 19.5 Å². The number of aromatic nitrogens is 2. The summed E-state index contributed by atoms with van der Waals surface area (Å²) in [6.07, 6.45) is 1.67. The second kappa shape index (κ2) is 7.89. The van der Waals surface area contributed by atoms with Crippen LogP contribution in [0.1, 0.15) is 10.4 Å². The largest absolute Gasteiger partial charge is 0.486 e. The van der Waals surface area contributed by atoms with Crippen LogP contribution >= 0.6 is 0 Å². The van der Waals surface area contributed by atoms with Crippen molar-refractivity contribution in [2.45, 2.75) is 4.90 Å². The Labute approximate surface area is 183 Å². The summed E-state index contributed by atoms with van der Waals surface area (Å²) in [5.74, 6) is 0.589. The molecule has 0 atom stereocenters. The van der Waals surface area contributed by atoms with E-state index in [1.165, 1.54) is 24.3 Å². The average Bonchev–Trinajstić information content (AvgIpc) is 3.27. The van der Waals surface area contributed by atoms with Gasteiger partial charge >= 0.3 is 0 Å². The van der Waals surface area contributed by atoms with E-state index in [1.54, 1.807) is 30.5 Å². The van der Waals surface area contributed by atoms with E-state index in [4.69, 9.17) is 9.47 Å². The monoisotopic (exact) mass is 450 g/mol. The Morgan fingerprint density at radius 3 is 2.47 bits per heavy atom. The zero-order chi connectivity index (χ0) is 22.1. The molecule has 1 aliphatic heterocycles. The van der Waals surface area contributed by atoms with Crippen molar-refractivity contribution < 1.29 is 22.7 Å². The van der Waals surface area contributed by atoms with Crippen molar-refractivity contribution >= 4 is 38.2 Å². The number of nitrogens with one attached hydrogen (secondary N) is 3. The number of aromatic amines is 1. The lowest BCUT2D eigenvalue weighted by atomic mass is 10.2. The van der Waals surface area contributed by atoms with Crippen LogP contribution in [-0.2, 0) is 10.0 Å². The molecule has 1 amide bonds. The first kappa shape index (κ1) is 19.9. The van der Waals surface area contributed by atoms with Gasteiger partial charge in [-0.15, -0.1) is 0 Å². The second-order valence-electron chi connectivity index (χ2n) is 7.11. The number of benzene rings is 3. The van der Waals surface area contributed by atoms with Gasteiger partial charge in [-0.25, -0.2) is 8.42 Å². The molecule has 2 heterocycles. The number of anilines is 2. The SMILES string of the molecule is O=C(Nc1ccc2[nH]ncc2c1)c1ccc(NS(=O)(=O)c2ccc3c(c2)OCCO3)cc1. The maximum Gasteiger partial charge on any atom is 0.262 e. The smallest absolute Gasteiger partial charge is 0.262 e. The van der Waals surface area contributed by atoms with Crippen LogP contribution in [0.15, 0.2) is 71.8 Å². The van der Waals surface area contributed by atoms with Gasteiger partial charge in [0.25, 0.3) is 15.9 Å². The number of hydrogen-bond donors (Lipinski definition) is 3. The van der Waals surface area contributed by atoms with Gasteiger partial charge in [-0.2, -0.15) is 5.10 Å². The number of fused-ring (bicyclic) bond motifs is 2. The van der Waals surface area contributed by atoms with Gasteiger partial charge in [-0.3, -0.25) is 14.6 Å². The van der Waals surface area contributed by atoms with Crippen LogP contribution in [0.4, 0.5) is 11.4 Å². The van der Waals surface area contributed by atoms with Crippen molar-refractivity contribution in [2.24, 2.45) is 0 Å². The minimum absolute atomic E-state index is 0.0539. The van der Waals surface area contributed by atoms with Crippen molar-refractivity contribution in [1.82, 2.24) is 10.2 Å². The Kier molecular flexibility index (Phi) is 4.91. The van der Waals surface area contributed by atoms with Crippen molar-refractivity contribution in [3.63, 3.8) is 0 Å². The molecule has 0 radical (unpaired) electrons. The molecule has 1 aromatic heterocycles. The van der Waals surface area contributed by atoms with Gasteiger partial charge < -0.3 is 14.8 Å². The van der Waals surface area contributed by atoms with E-state index in [1.807, 2.05) is 12.1 Å². The van der Waals surface area contributed by atoms with E-state index in [9.17, 15) is 13.2 Å². The van der Waals surface area contributed by atoms with Crippen molar-refractivity contribution in [3.05, 3.63) is 72.4 Å². The fraction of sp³-hybridized carbons (Fsp3) is 0.0909. The Bertz CT molecular complexity index is 1410. The van der Waals surface area contributed by atoms with E-state index < -0.39 is 10.0 Å². The lowest BCUT2D eigenvalue weighted by Crippen LogP contribution is -2.17. The summed E-state index contributed by atoms with van der Waals surface area (Å²) in [6.45, 7) is 0.790. The molecule has 1 aliphatic rings. The molecule has 162 valence electrons. The van der Waals surface area contributed by atoms with E-state index in [0.29, 0.717) is 41.7 Å². The summed E-state index contributed by atoms with van der Waals surface area (Å²) < 4.78 is 38.9. The molecule has 3 N–H and O–H groups in total. The van der Waals surface area contributed by atoms with Crippen LogP contribution in [0.25, 0.3) is 10.9 Å². The van der Waals surface area contributed by atoms with Gasteiger partial charge in [0.2, 0.25) is 0 Å². The van der Waals surface area contributed by atoms with Gasteiger partial charge in [0.1, 0.15) is 13.2 Å². The molecule has 0 saturated heterocycles. The molecule has 9 nitrogen and oxygen atoms in total. The number of nitrogens with zero attached hydrogens (tertiary/aromatic N) is 1. The van der Waals surface area contributed by atoms with Gasteiger partial charge in [0, 0.05) is 28.4 Å². The first-order valence-electron chi connectivity index (χ1n) is 9.75. The third-order valence-electron chi connectivity index (χ3n) is 4.92. The van der Waals surface area contributed by atoms with Crippen LogP contribution in [0.5, 0.6) is 11.5 Å². The molecule has 3 aromatic carbocycles. The van der Waals surface area contributed by atoms with Gasteiger partial charge in [-0.1, -0.05) is 0 Å². The number of ether oxygens (including phenoxy) is 2. The molecule has 5 rings (SSSR count). The maximum absolute atomic E-state index is 12.7. The summed E-state index contributed by atoms with van der Waals surface area (Å²) >= 11 is 0. The van der Waals surface area contributed by atoms with E-state index >= 15 is 0 Å². The number of H-pyrrole nitrogens is 1. The first-order chi connectivity index (χ1) is 15.5.